The highest BCUT2D eigenvalue weighted by Crippen LogP contribution is 2.57. The van der Waals surface area contributed by atoms with E-state index in [9.17, 15) is 4.79 Å². The minimum absolute atomic E-state index is 0.0481. The van der Waals surface area contributed by atoms with Crippen molar-refractivity contribution >= 4 is 22.2 Å². The number of halogens is 1. The van der Waals surface area contributed by atoms with Crippen LogP contribution in [0.25, 0.3) is 33.4 Å². The summed E-state index contributed by atoms with van der Waals surface area (Å²) in [7, 11) is 0. The van der Waals surface area contributed by atoms with Crippen LogP contribution in [0.15, 0.2) is 77.3 Å². The topological polar surface area (TPSA) is 17.1 Å². The van der Waals surface area contributed by atoms with E-state index in [0.29, 0.717) is 0 Å². The van der Waals surface area contributed by atoms with Crippen molar-refractivity contribution in [2.75, 3.05) is 0 Å². The normalized spacial score (nSPS) is 14.5. The predicted octanol–water partition coefficient (Wildman–Crippen LogP) is 16.3. The quantitative estimate of drug-likeness (QED) is 0.0574. The van der Waals surface area contributed by atoms with E-state index in [2.05, 4.69) is 110 Å². The molecule has 0 saturated heterocycles. The zero-order valence-electron chi connectivity index (χ0n) is 33.4. The molecule has 1 nitrogen and oxygen atoms in total. The molecule has 282 valence electrons. The maximum atomic E-state index is 12.2. The summed E-state index contributed by atoms with van der Waals surface area (Å²) in [5.74, 6) is 0. The second-order valence-corrected chi connectivity index (χ2v) is 17.5. The number of rotatable bonds is 22. The minimum Gasteiger partial charge on any atom is -0.298 e. The molecule has 4 aromatic rings. The first-order valence-electron chi connectivity index (χ1n) is 21.7. The first kappa shape index (κ1) is 39.7. The van der Waals surface area contributed by atoms with Crippen molar-refractivity contribution in [3.05, 3.63) is 105 Å². The first-order chi connectivity index (χ1) is 26.0. The zero-order valence-corrected chi connectivity index (χ0v) is 35.0. The Morgan fingerprint density at radius 3 is 1.19 bits per heavy atom. The molecule has 2 aliphatic carbocycles. The van der Waals surface area contributed by atoms with Crippen LogP contribution in [0.5, 0.6) is 0 Å². The molecule has 0 amide bonds. The van der Waals surface area contributed by atoms with Gasteiger partial charge in [0.05, 0.1) is 0 Å². The molecular weight excluding hydrogens is 708 g/mol. The fraction of sp³-hybridized carbons (Fsp3) is 0.510. The number of aldehydes is 1. The van der Waals surface area contributed by atoms with E-state index in [1.54, 1.807) is 11.1 Å². The van der Waals surface area contributed by atoms with Gasteiger partial charge < -0.3 is 0 Å². The maximum absolute atomic E-state index is 12.2. The first-order valence-corrected chi connectivity index (χ1v) is 22.5. The average molecular weight is 774 g/mol. The van der Waals surface area contributed by atoms with Gasteiger partial charge in [-0.2, -0.15) is 0 Å². The van der Waals surface area contributed by atoms with Crippen LogP contribution in [0.3, 0.4) is 0 Å². The van der Waals surface area contributed by atoms with E-state index >= 15 is 0 Å². The molecule has 0 saturated carbocycles. The molecule has 0 heterocycles. The van der Waals surface area contributed by atoms with Crippen LogP contribution in [-0.2, 0) is 10.8 Å². The van der Waals surface area contributed by atoms with Gasteiger partial charge in [-0.15, -0.1) is 0 Å². The highest BCUT2D eigenvalue weighted by atomic mass is 79.9. The average Bonchev–Trinajstić information content (AvgIpc) is 3.60. The Morgan fingerprint density at radius 2 is 0.792 bits per heavy atom. The molecular formula is C51H65BrO. The lowest BCUT2D eigenvalue weighted by Crippen LogP contribution is -2.26. The monoisotopic (exact) mass is 772 g/mol. The molecule has 6 rings (SSSR count). The lowest BCUT2D eigenvalue weighted by Gasteiger charge is -2.34. The number of unbranched alkanes of at least 4 members (excludes halogenated alkanes) is 12. The third-order valence-electron chi connectivity index (χ3n) is 13.0. The Balaban J connectivity index is 1.47. The Hall–Kier alpha value is -2.97. The summed E-state index contributed by atoms with van der Waals surface area (Å²) in [6.45, 7) is 9.27. The Bertz CT molecular complexity index is 1810. The summed E-state index contributed by atoms with van der Waals surface area (Å²) in [4.78, 5) is 12.2. The SMILES string of the molecule is CCCCCCC1(CCCCCC)c2cc(Br)ccc2-c2ccc(-c3ccc4c(c3)C(CCCCCC)(CCCCCC)c3cc(C=O)ccc3-4)cc21. The summed E-state index contributed by atoms with van der Waals surface area (Å²) in [6, 6.07) is 28.5. The fourth-order valence-corrected chi connectivity index (χ4v) is 10.5. The summed E-state index contributed by atoms with van der Waals surface area (Å²) >= 11 is 3.89. The van der Waals surface area contributed by atoms with Crippen LogP contribution in [0, 0.1) is 0 Å². The van der Waals surface area contributed by atoms with E-state index in [1.165, 1.54) is 165 Å². The van der Waals surface area contributed by atoms with E-state index in [4.69, 9.17) is 0 Å². The lowest BCUT2D eigenvalue weighted by molar-refractivity contribution is 0.112. The van der Waals surface area contributed by atoms with Gasteiger partial charge in [0.25, 0.3) is 0 Å². The van der Waals surface area contributed by atoms with Gasteiger partial charge in [-0.3, -0.25) is 4.79 Å². The standard InChI is InChI=1S/C51H65BrO/c1-5-9-13-17-29-50(30-18-14-10-6-2)46-33-38(37-53)21-25-42(46)43-26-22-39(34-47(43)50)40-23-27-44-45-28-24-41(52)36-49(45)51(48(44)35-40,31-19-15-11-7-3)32-20-16-12-8-4/h21-28,33-37H,5-20,29-32H2,1-4H3. The highest BCUT2D eigenvalue weighted by molar-refractivity contribution is 9.10. The third kappa shape index (κ3) is 8.20. The van der Waals surface area contributed by atoms with Crippen molar-refractivity contribution < 1.29 is 4.79 Å². The van der Waals surface area contributed by atoms with Crippen LogP contribution >= 0.6 is 15.9 Å². The number of fused-ring (bicyclic) bond motifs is 6. The van der Waals surface area contributed by atoms with E-state index in [1.807, 2.05) is 6.07 Å². The molecule has 0 N–H and O–H groups in total. The molecule has 2 aliphatic rings. The van der Waals surface area contributed by atoms with E-state index in [0.717, 1.165) is 24.7 Å². The second-order valence-electron chi connectivity index (χ2n) is 16.5. The van der Waals surface area contributed by atoms with Crippen LogP contribution in [0.1, 0.15) is 189 Å². The van der Waals surface area contributed by atoms with Crippen molar-refractivity contribution in [3.63, 3.8) is 0 Å². The summed E-state index contributed by atoms with van der Waals surface area (Å²) < 4.78 is 1.20. The molecule has 0 spiro atoms. The Morgan fingerprint density at radius 1 is 0.434 bits per heavy atom. The van der Waals surface area contributed by atoms with Crippen molar-refractivity contribution in [3.8, 4) is 33.4 Å². The number of carbonyl (C=O) groups is 1. The minimum atomic E-state index is -0.0528. The van der Waals surface area contributed by atoms with E-state index in [-0.39, 0.29) is 10.8 Å². The van der Waals surface area contributed by atoms with E-state index < -0.39 is 0 Å². The molecule has 0 aliphatic heterocycles. The van der Waals surface area contributed by atoms with Crippen LogP contribution in [-0.4, -0.2) is 6.29 Å². The molecule has 0 bridgehead atoms. The van der Waals surface area contributed by atoms with Gasteiger partial charge in [-0.1, -0.05) is 189 Å². The van der Waals surface area contributed by atoms with Gasteiger partial charge in [0.2, 0.25) is 0 Å². The Labute approximate surface area is 330 Å². The third-order valence-corrected chi connectivity index (χ3v) is 13.5. The number of benzene rings is 4. The molecule has 0 aromatic heterocycles. The predicted molar refractivity (Wildman–Crippen MR) is 232 cm³/mol. The van der Waals surface area contributed by atoms with Gasteiger partial charge in [0.1, 0.15) is 6.29 Å². The Kier molecular flexibility index (Phi) is 13.9. The number of carbonyl (C=O) groups excluding carboxylic acids is 1. The second kappa shape index (κ2) is 18.6. The van der Waals surface area contributed by atoms with Crippen LogP contribution < -0.4 is 0 Å². The molecule has 2 heteroatoms. The van der Waals surface area contributed by atoms with Crippen molar-refractivity contribution in [1.82, 2.24) is 0 Å². The van der Waals surface area contributed by atoms with Crippen molar-refractivity contribution in [2.24, 2.45) is 0 Å². The molecule has 0 fully saturated rings. The maximum Gasteiger partial charge on any atom is 0.150 e. The van der Waals surface area contributed by atoms with Gasteiger partial charge in [-0.25, -0.2) is 0 Å². The summed E-state index contributed by atoms with van der Waals surface area (Å²) in [5, 5.41) is 0. The smallest absolute Gasteiger partial charge is 0.150 e. The van der Waals surface area contributed by atoms with Gasteiger partial charge in [0.15, 0.2) is 0 Å². The van der Waals surface area contributed by atoms with Gasteiger partial charge in [0, 0.05) is 20.9 Å². The summed E-state index contributed by atoms with van der Waals surface area (Å²) in [5.41, 5.74) is 15.1. The fourth-order valence-electron chi connectivity index (χ4n) is 10.2. The van der Waals surface area contributed by atoms with Crippen LogP contribution in [0.2, 0.25) is 0 Å². The largest absolute Gasteiger partial charge is 0.298 e. The molecule has 0 unspecified atom stereocenters. The number of hydrogen-bond donors (Lipinski definition) is 0. The number of hydrogen-bond acceptors (Lipinski definition) is 1. The van der Waals surface area contributed by atoms with Crippen molar-refractivity contribution in [1.29, 1.82) is 0 Å². The van der Waals surface area contributed by atoms with Crippen molar-refractivity contribution in [2.45, 2.75) is 167 Å². The van der Waals surface area contributed by atoms with Gasteiger partial charge >= 0.3 is 0 Å². The van der Waals surface area contributed by atoms with Crippen LogP contribution in [0.4, 0.5) is 0 Å². The zero-order chi connectivity index (χ0) is 37.3. The summed E-state index contributed by atoms with van der Waals surface area (Å²) in [6.07, 6.45) is 26.2. The lowest BCUT2D eigenvalue weighted by atomic mass is 9.69. The van der Waals surface area contributed by atoms with Gasteiger partial charge in [-0.05, 0) is 112 Å². The molecule has 4 aromatic carbocycles. The molecule has 0 atom stereocenters. The highest BCUT2D eigenvalue weighted by Gasteiger charge is 2.44. The molecule has 0 radical (unpaired) electrons. The molecule has 53 heavy (non-hydrogen) atoms.